The highest BCUT2D eigenvalue weighted by molar-refractivity contribution is 8.00. The van der Waals surface area contributed by atoms with Crippen LogP contribution in [0.5, 0.6) is 0 Å². The minimum absolute atomic E-state index is 0.0240. The molecule has 5 heteroatoms. The molecule has 0 aliphatic carbocycles. The van der Waals surface area contributed by atoms with E-state index in [2.05, 4.69) is 36.4 Å². The summed E-state index contributed by atoms with van der Waals surface area (Å²) in [6.45, 7) is 7.53. The lowest BCUT2D eigenvalue weighted by molar-refractivity contribution is 0.418. The maximum Gasteiger partial charge on any atom is 0.169 e. The molecule has 112 valence electrons. The average Bonchev–Trinajstić information content (AvgIpc) is 2.88. The van der Waals surface area contributed by atoms with Crippen LogP contribution >= 0.6 is 11.8 Å². The molecule has 0 aromatic carbocycles. The minimum atomic E-state index is -0.229. The maximum atomic E-state index is 14.3. The van der Waals surface area contributed by atoms with Crippen molar-refractivity contribution in [2.75, 3.05) is 17.6 Å². The third-order valence-corrected chi connectivity index (χ3v) is 4.70. The first-order chi connectivity index (χ1) is 9.46. The van der Waals surface area contributed by atoms with E-state index in [1.807, 2.05) is 11.8 Å². The van der Waals surface area contributed by atoms with Crippen molar-refractivity contribution in [3.8, 4) is 0 Å². The largest absolute Gasteiger partial charge is 0.367 e. The molecule has 0 amide bonds. The van der Waals surface area contributed by atoms with Crippen molar-refractivity contribution in [3.05, 3.63) is 23.6 Å². The van der Waals surface area contributed by atoms with Crippen molar-refractivity contribution in [3.63, 3.8) is 0 Å². The lowest BCUT2D eigenvalue weighted by atomic mass is 10.1. The molecule has 2 heterocycles. The van der Waals surface area contributed by atoms with Crippen LogP contribution in [0.15, 0.2) is 12.3 Å². The first-order valence-electron chi connectivity index (χ1n) is 7.19. The van der Waals surface area contributed by atoms with E-state index in [4.69, 9.17) is 0 Å². The van der Waals surface area contributed by atoms with Crippen LogP contribution in [0.1, 0.15) is 39.2 Å². The fraction of sp³-hybridized carbons (Fsp3) is 0.667. The number of anilines is 1. The van der Waals surface area contributed by atoms with Crippen molar-refractivity contribution in [1.29, 1.82) is 0 Å². The molecule has 2 rings (SSSR count). The van der Waals surface area contributed by atoms with Gasteiger partial charge in [0.2, 0.25) is 0 Å². The number of hydrogen-bond acceptors (Lipinski definition) is 4. The van der Waals surface area contributed by atoms with Gasteiger partial charge in [0.25, 0.3) is 0 Å². The Labute approximate surface area is 125 Å². The molecule has 3 nitrogen and oxygen atoms in total. The first kappa shape index (κ1) is 15.6. The summed E-state index contributed by atoms with van der Waals surface area (Å²) in [5, 5.41) is 7.05. The van der Waals surface area contributed by atoms with Gasteiger partial charge in [-0.25, -0.2) is 9.37 Å². The maximum absolute atomic E-state index is 14.3. The van der Waals surface area contributed by atoms with Crippen molar-refractivity contribution in [2.45, 2.75) is 50.9 Å². The Morgan fingerprint density at radius 3 is 2.90 bits per heavy atom. The van der Waals surface area contributed by atoms with Crippen LogP contribution in [0.3, 0.4) is 0 Å². The summed E-state index contributed by atoms with van der Waals surface area (Å²) in [7, 11) is 0. The predicted molar refractivity (Wildman–Crippen MR) is 84.8 cm³/mol. The second-order valence-corrected chi connectivity index (χ2v) is 7.66. The summed E-state index contributed by atoms with van der Waals surface area (Å²) in [5.74, 6) is 1.37. The molecule has 1 aromatic heterocycles. The van der Waals surface area contributed by atoms with Crippen molar-refractivity contribution in [1.82, 2.24) is 10.3 Å². The van der Waals surface area contributed by atoms with Gasteiger partial charge in [0, 0.05) is 35.6 Å². The lowest BCUT2D eigenvalue weighted by Crippen LogP contribution is -2.35. The van der Waals surface area contributed by atoms with Crippen LogP contribution in [0, 0.1) is 5.82 Å². The highest BCUT2D eigenvalue weighted by Gasteiger charge is 2.17. The Bertz CT molecular complexity index is 439. The molecule has 1 unspecified atom stereocenters. The number of aromatic nitrogens is 1. The molecule has 2 N–H and O–H groups in total. The third-order valence-electron chi connectivity index (χ3n) is 3.30. The second kappa shape index (κ2) is 6.76. The zero-order chi connectivity index (χ0) is 14.6. The zero-order valence-electron chi connectivity index (χ0n) is 12.5. The Hall–Kier alpha value is -0.810. The number of rotatable bonds is 5. The van der Waals surface area contributed by atoms with Crippen molar-refractivity contribution in [2.24, 2.45) is 0 Å². The highest BCUT2D eigenvalue weighted by Crippen LogP contribution is 2.26. The minimum Gasteiger partial charge on any atom is -0.367 e. The molecule has 1 aromatic rings. The fourth-order valence-corrected chi connectivity index (χ4v) is 3.32. The summed E-state index contributed by atoms with van der Waals surface area (Å²) in [6.07, 6.45) is 4.15. The summed E-state index contributed by atoms with van der Waals surface area (Å²) < 4.78 is 14.3. The molecule has 0 radical (unpaired) electrons. The SMILES string of the molecule is CC(C)(C)NCc1ccnc(NCC2CCCS2)c1F. The molecular formula is C15H24FN3S. The predicted octanol–water partition coefficient (Wildman–Crippen LogP) is 3.42. The van der Waals surface area contributed by atoms with Crippen molar-refractivity contribution >= 4 is 17.6 Å². The number of nitrogens with zero attached hydrogens (tertiary/aromatic N) is 1. The molecule has 0 spiro atoms. The zero-order valence-corrected chi connectivity index (χ0v) is 13.3. The van der Waals surface area contributed by atoms with Crippen LogP contribution in [0.2, 0.25) is 0 Å². The van der Waals surface area contributed by atoms with Gasteiger partial charge in [-0.05, 0) is 45.4 Å². The number of thioether (sulfide) groups is 1. The van der Waals surface area contributed by atoms with Crippen LogP contribution in [-0.2, 0) is 6.54 Å². The summed E-state index contributed by atoms with van der Waals surface area (Å²) in [4.78, 5) is 4.12. The number of pyridine rings is 1. The topological polar surface area (TPSA) is 37.0 Å². The number of hydrogen-bond donors (Lipinski definition) is 2. The van der Waals surface area contributed by atoms with Crippen LogP contribution in [0.4, 0.5) is 10.2 Å². The second-order valence-electron chi connectivity index (χ2n) is 6.25. The van der Waals surface area contributed by atoms with E-state index in [1.54, 1.807) is 12.3 Å². The molecule has 0 saturated carbocycles. The van der Waals surface area contributed by atoms with E-state index in [1.165, 1.54) is 18.6 Å². The van der Waals surface area contributed by atoms with Gasteiger partial charge in [0.15, 0.2) is 11.6 Å². The summed E-state index contributed by atoms with van der Waals surface area (Å²) in [6, 6.07) is 1.74. The van der Waals surface area contributed by atoms with Gasteiger partial charge < -0.3 is 10.6 Å². The standard InChI is InChI=1S/C15H24FN3S/c1-15(2,3)19-9-11-6-7-17-14(13(11)16)18-10-12-5-4-8-20-12/h6-7,12,19H,4-5,8-10H2,1-3H3,(H,17,18). The van der Waals surface area contributed by atoms with E-state index >= 15 is 0 Å². The van der Waals surface area contributed by atoms with E-state index in [9.17, 15) is 4.39 Å². The smallest absolute Gasteiger partial charge is 0.169 e. The molecule has 1 aliphatic rings. The first-order valence-corrected chi connectivity index (χ1v) is 8.24. The lowest BCUT2D eigenvalue weighted by Gasteiger charge is -2.21. The Kier molecular flexibility index (Phi) is 5.27. The molecule has 1 atom stereocenters. The van der Waals surface area contributed by atoms with Gasteiger partial charge in [-0.1, -0.05) is 0 Å². The van der Waals surface area contributed by atoms with Crippen LogP contribution < -0.4 is 10.6 Å². The summed E-state index contributed by atoms with van der Waals surface area (Å²) >= 11 is 1.96. The van der Waals surface area contributed by atoms with E-state index in [-0.39, 0.29) is 11.4 Å². The summed E-state index contributed by atoms with van der Waals surface area (Å²) in [5.41, 5.74) is 0.639. The van der Waals surface area contributed by atoms with E-state index in [0.29, 0.717) is 23.2 Å². The molecule has 0 bridgehead atoms. The van der Waals surface area contributed by atoms with Crippen LogP contribution in [-0.4, -0.2) is 28.1 Å². The molecule has 20 heavy (non-hydrogen) atoms. The van der Waals surface area contributed by atoms with E-state index in [0.717, 1.165) is 6.54 Å². The molecule has 1 saturated heterocycles. The van der Waals surface area contributed by atoms with E-state index < -0.39 is 0 Å². The quantitative estimate of drug-likeness (QED) is 0.873. The van der Waals surface area contributed by atoms with Gasteiger partial charge >= 0.3 is 0 Å². The van der Waals surface area contributed by atoms with Gasteiger partial charge in [-0.2, -0.15) is 11.8 Å². The number of halogens is 1. The molecular weight excluding hydrogens is 273 g/mol. The Balaban J connectivity index is 1.95. The number of nitrogens with one attached hydrogen (secondary N) is 2. The van der Waals surface area contributed by atoms with Crippen molar-refractivity contribution < 1.29 is 4.39 Å². The highest BCUT2D eigenvalue weighted by atomic mass is 32.2. The normalized spacial score (nSPS) is 19.3. The molecule has 1 fully saturated rings. The Morgan fingerprint density at radius 1 is 1.45 bits per heavy atom. The monoisotopic (exact) mass is 297 g/mol. The third kappa shape index (κ3) is 4.63. The van der Waals surface area contributed by atoms with Crippen LogP contribution in [0.25, 0.3) is 0 Å². The molecule has 1 aliphatic heterocycles. The average molecular weight is 297 g/mol. The fourth-order valence-electron chi connectivity index (χ4n) is 2.12. The Morgan fingerprint density at radius 2 is 2.25 bits per heavy atom. The van der Waals surface area contributed by atoms with Gasteiger partial charge in [-0.15, -0.1) is 0 Å². The van der Waals surface area contributed by atoms with Gasteiger partial charge in [0.1, 0.15) is 0 Å². The van der Waals surface area contributed by atoms with Gasteiger partial charge in [0.05, 0.1) is 0 Å². The van der Waals surface area contributed by atoms with Gasteiger partial charge in [-0.3, -0.25) is 0 Å².